The average Bonchev–Trinajstić information content (AvgIpc) is 1.37. The maximum absolute atomic E-state index is 4.60. The molecular formula is C2H5GaO. The van der Waals surface area contributed by atoms with Crippen LogP contribution in [0.15, 0.2) is 0 Å². The van der Waals surface area contributed by atoms with E-state index in [-0.39, 0.29) is 0 Å². The topological polar surface area (TPSA) is 9.23 Å². The fraction of sp³-hybridized carbons (Fsp3) is 1.00. The Morgan fingerprint density at radius 3 is 2.25 bits per heavy atom. The molecule has 0 atom stereocenters. The standard InChI is InChI=1S/C2H5O.Ga/c1-2-3;/h2H2,1H3;/q-1;+1. The van der Waals surface area contributed by atoms with Crippen molar-refractivity contribution in [1.29, 1.82) is 0 Å². The number of hydrogen-bond donors (Lipinski definition) is 0. The van der Waals surface area contributed by atoms with E-state index in [1.54, 1.807) is 0 Å². The summed E-state index contributed by atoms with van der Waals surface area (Å²) in [6.45, 7) is 2.82. The molecule has 0 saturated carbocycles. The van der Waals surface area contributed by atoms with Crippen molar-refractivity contribution in [2.45, 2.75) is 6.92 Å². The van der Waals surface area contributed by atoms with E-state index in [1.165, 1.54) is 19.0 Å². The third kappa shape index (κ3) is 2.60. The second-order valence-corrected chi connectivity index (χ2v) is 1.15. The molecule has 22 valence electrons. The Hall–Kier alpha value is 0.596. The van der Waals surface area contributed by atoms with E-state index in [0.717, 1.165) is 6.61 Å². The van der Waals surface area contributed by atoms with E-state index in [1.807, 2.05) is 6.92 Å². The minimum absolute atomic E-state index is 0.847. The van der Waals surface area contributed by atoms with Crippen molar-refractivity contribution in [1.82, 2.24) is 0 Å². The fourth-order valence-corrected chi connectivity index (χ4v) is 0. The third-order valence-corrected chi connectivity index (χ3v) is 0.866. The molecule has 4 heavy (non-hydrogen) atoms. The van der Waals surface area contributed by atoms with Crippen LogP contribution in [0.3, 0.4) is 0 Å². The molecule has 0 aliphatic heterocycles. The zero-order valence-electron chi connectivity index (χ0n) is 2.69. The van der Waals surface area contributed by atoms with Crippen LogP contribution >= 0.6 is 0 Å². The van der Waals surface area contributed by atoms with E-state index in [9.17, 15) is 0 Å². The molecule has 0 aromatic carbocycles. The van der Waals surface area contributed by atoms with Crippen LogP contribution in [0.4, 0.5) is 0 Å². The molecule has 0 amide bonds. The molecule has 0 aliphatic carbocycles. The molecule has 0 aromatic rings. The van der Waals surface area contributed by atoms with Gasteiger partial charge >= 0.3 is 36.0 Å². The van der Waals surface area contributed by atoms with Gasteiger partial charge in [-0.1, -0.05) is 0 Å². The average molecular weight is 115 g/mol. The summed E-state index contributed by atoms with van der Waals surface area (Å²) in [6.07, 6.45) is 0. The second-order valence-electron chi connectivity index (χ2n) is 0.455. The molecule has 2 heteroatoms. The summed E-state index contributed by atoms with van der Waals surface area (Å²) in [5.41, 5.74) is 0. The second kappa shape index (κ2) is 3.60. The Kier molecular flexibility index (Phi) is 4.13. The van der Waals surface area contributed by atoms with E-state index < -0.39 is 0 Å². The van der Waals surface area contributed by atoms with Crippen molar-refractivity contribution in [3.63, 3.8) is 0 Å². The summed E-state index contributed by atoms with van der Waals surface area (Å²) >= 11 is 1.32. The van der Waals surface area contributed by atoms with Gasteiger partial charge in [-0.25, -0.2) is 0 Å². The summed E-state index contributed by atoms with van der Waals surface area (Å²) in [5, 5.41) is 0. The van der Waals surface area contributed by atoms with Gasteiger partial charge in [-0.2, -0.15) is 0 Å². The van der Waals surface area contributed by atoms with Crippen molar-refractivity contribution in [2.75, 3.05) is 6.61 Å². The first kappa shape index (κ1) is 4.60. The zero-order chi connectivity index (χ0) is 3.41. The van der Waals surface area contributed by atoms with E-state index in [0.29, 0.717) is 0 Å². The quantitative estimate of drug-likeness (QED) is 0.440. The van der Waals surface area contributed by atoms with Gasteiger partial charge in [0.05, 0.1) is 0 Å². The Labute approximate surface area is 36.7 Å². The summed E-state index contributed by atoms with van der Waals surface area (Å²) in [6, 6.07) is 0. The van der Waals surface area contributed by atoms with E-state index >= 15 is 0 Å². The first-order valence-corrected chi connectivity index (χ1v) is 2.22. The molecule has 0 aliphatic rings. The van der Waals surface area contributed by atoms with Gasteiger partial charge in [0.1, 0.15) is 0 Å². The van der Waals surface area contributed by atoms with Crippen LogP contribution < -0.4 is 0 Å². The van der Waals surface area contributed by atoms with E-state index in [2.05, 4.69) is 3.53 Å². The van der Waals surface area contributed by atoms with Crippen LogP contribution in [0, 0.1) is 0 Å². The molecule has 0 rings (SSSR count). The van der Waals surface area contributed by atoms with Gasteiger partial charge in [-0.05, 0) is 0 Å². The molecule has 0 fully saturated rings. The third-order valence-electron chi connectivity index (χ3n) is 0.167. The maximum atomic E-state index is 4.60. The van der Waals surface area contributed by atoms with Crippen molar-refractivity contribution in [3.05, 3.63) is 0 Å². The SMILES string of the molecule is CC[O][Ga]. The molecule has 1 nitrogen and oxygen atoms in total. The molecule has 0 bridgehead atoms. The Morgan fingerprint density at radius 2 is 2.25 bits per heavy atom. The van der Waals surface area contributed by atoms with E-state index in [4.69, 9.17) is 0 Å². The molecule has 0 aromatic heterocycles. The van der Waals surface area contributed by atoms with Gasteiger partial charge < -0.3 is 0 Å². The molecule has 0 saturated heterocycles. The predicted molar refractivity (Wildman–Crippen MR) is 17.4 cm³/mol. The van der Waals surface area contributed by atoms with Gasteiger partial charge in [-0.15, -0.1) is 0 Å². The van der Waals surface area contributed by atoms with Gasteiger partial charge in [-0.3, -0.25) is 0 Å². The molecular weight excluding hydrogens is 110 g/mol. The van der Waals surface area contributed by atoms with Crippen LogP contribution in [0.1, 0.15) is 6.92 Å². The molecule has 2 radical (unpaired) electrons. The Balaban J connectivity index is 1.97. The number of rotatable bonds is 1. The Bertz CT molecular complexity index is 8.00. The van der Waals surface area contributed by atoms with Gasteiger partial charge in [0, 0.05) is 0 Å². The van der Waals surface area contributed by atoms with Crippen LogP contribution in [-0.2, 0) is 3.53 Å². The zero-order valence-corrected chi connectivity index (χ0v) is 5.12. The summed E-state index contributed by atoms with van der Waals surface area (Å²) in [7, 11) is 0. The minimum atomic E-state index is 0.847. The van der Waals surface area contributed by atoms with Gasteiger partial charge in [0.2, 0.25) is 0 Å². The molecule has 0 unspecified atom stereocenters. The molecule has 0 N–H and O–H groups in total. The summed E-state index contributed by atoms with van der Waals surface area (Å²) in [5.74, 6) is 0. The normalized spacial score (nSPS) is 7.25. The Morgan fingerprint density at radius 1 is 2.00 bits per heavy atom. The van der Waals surface area contributed by atoms with Crippen LogP contribution in [0.2, 0.25) is 0 Å². The first-order chi connectivity index (χ1) is 1.91. The van der Waals surface area contributed by atoms with Crippen molar-refractivity contribution in [2.24, 2.45) is 0 Å². The summed E-state index contributed by atoms with van der Waals surface area (Å²) in [4.78, 5) is 0. The van der Waals surface area contributed by atoms with Gasteiger partial charge in [0.25, 0.3) is 0 Å². The predicted octanol–water partition coefficient (Wildman–Crippen LogP) is 0.106. The van der Waals surface area contributed by atoms with Crippen LogP contribution in [0.5, 0.6) is 0 Å². The van der Waals surface area contributed by atoms with Gasteiger partial charge in [0.15, 0.2) is 0 Å². The van der Waals surface area contributed by atoms with Crippen molar-refractivity contribution < 1.29 is 3.53 Å². The summed E-state index contributed by atoms with van der Waals surface area (Å²) < 4.78 is 4.60. The molecule has 0 spiro atoms. The fourth-order valence-electron chi connectivity index (χ4n) is 0. The monoisotopic (exact) mass is 114 g/mol. The van der Waals surface area contributed by atoms with Crippen molar-refractivity contribution in [3.8, 4) is 0 Å². The van der Waals surface area contributed by atoms with Crippen molar-refractivity contribution >= 4 is 19.0 Å². The number of hydrogen-bond acceptors (Lipinski definition) is 1. The first-order valence-electron chi connectivity index (χ1n) is 1.23. The van der Waals surface area contributed by atoms with Crippen LogP contribution in [-0.4, -0.2) is 25.6 Å². The molecule has 0 heterocycles. The van der Waals surface area contributed by atoms with Crippen LogP contribution in [0.25, 0.3) is 0 Å².